The lowest BCUT2D eigenvalue weighted by atomic mass is 10.0. The lowest BCUT2D eigenvalue weighted by molar-refractivity contribution is -0.122. The molecule has 0 bridgehead atoms. The molecule has 5 nitrogen and oxygen atoms in total. The average Bonchev–Trinajstić information content (AvgIpc) is 2.62. The van der Waals surface area contributed by atoms with Gasteiger partial charge >= 0.3 is 0 Å². The van der Waals surface area contributed by atoms with E-state index in [4.69, 9.17) is 28.6 Å². The first-order valence-electron chi connectivity index (χ1n) is 8.14. The zero-order valence-electron chi connectivity index (χ0n) is 15.0. The Kier molecular flexibility index (Phi) is 5.30. The van der Waals surface area contributed by atoms with Gasteiger partial charge in [0.25, 0.3) is 11.8 Å². The normalized spacial score (nSPS) is 15.9. The van der Waals surface area contributed by atoms with E-state index < -0.39 is 11.8 Å². The molecular formula is C20H17ClN2O3S. The molecule has 0 unspecified atom stereocenters. The van der Waals surface area contributed by atoms with E-state index in [0.29, 0.717) is 21.8 Å². The number of nitrogens with zero attached hydrogens (tertiary/aromatic N) is 1. The average molecular weight is 401 g/mol. The van der Waals surface area contributed by atoms with Crippen molar-refractivity contribution in [3.05, 3.63) is 63.7 Å². The van der Waals surface area contributed by atoms with Crippen LogP contribution in [0.2, 0.25) is 5.02 Å². The Balaban J connectivity index is 2.05. The van der Waals surface area contributed by atoms with Crippen LogP contribution in [0.15, 0.2) is 42.0 Å². The van der Waals surface area contributed by atoms with E-state index in [-0.39, 0.29) is 10.7 Å². The van der Waals surface area contributed by atoms with Crippen LogP contribution in [0.5, 0.6) is 5.75 Å². The van der Waals surface area contributed by atoms with E-state index in [2.05, 4.69) is 5.32 Å². The van der Waals surface area contributed by atoms with Gasteiger partial charge in [0.15, 0.2) is 5.11 Å². The molecule has 27 heavy (non-hydrogen) atoms. The minimum atomic E-state index is -0.533. The van der Waals surface area contributed by atoms with Crippen LogP contribution in [-0.4, -0.2) is 24.0 Å². The first-order chi connectivity index (χ1) is 12.8. The van der Waals surface area contributed by atoms with Crippen molar-refractivity contribution in [1.82, 2.24) is 5.32 Å². The molecular weight excluding hydrogens is 384 g/mol. The zero-order chi connectivity index (χ0) is 19.7. The Labute approximate surface area is 167 Å². The van der Waals surface area contributed by atoms with Gasteiger partial charge in [0.2, 0.25) is 0 Å². The number of thiocarbonyl (C=S) groups is 1. The largest absolute Gasteiger partial charge is 0.496 e. The predicted octanol–water partition coefficient (Wildman–Crippen LogP) is 3.80. The third-order valence-electron chi connectivity index (χ3n) is 4.31. The molecule has 1 fully saturated rings. The molecule has 2 aromatic rings. The van der Waals surface area contributed by atoms with Gasteiger partial charge < -0.3 is 4.74 Å². The number of hydrogen-bond acceptors (Lipinski definition) is 4. The van der Waals surface area contributed by atoms with Crippen LogP contribution in [0.25, 0.3) is 6.08 Å². The van der Waals surface area contributed by atoms with Crippen LogP contribution < -0.4 is 15.0 Å². The SMILES string of the molecule is COc1ccc(/C=C2/C(=O)NC(=S)N(c3cccc(Cl)c3C)C2=O)cc1C. The lowest BCUT2D eigenvalue weighted by Gasteiger charge is -2.30. The molecule has 0 radical (unpaired) electrons. The quantitative estimate of drug-likeness (QED) is 0.483. The van der Waals surface area contributed by atoms with Crippen molar-refractivity contribution in [3.8, 4) is 5.75 Å². The molecule has 0 atom stereocenters. The van der Waals surface area contributed by atoms with Crippen molar-refractivity contribution in [2.75, 3.05) is 12.0 Å². The zero-order valence-corrected chi connectivity index (χ0v) is 16.6. The van der Waals surface area contributed by atoms with Crippen LogP contribution in [0.4, 0.5) is 5.69 Å². The topological polar surface area (TPSA) is 58.6 Å². The first kappa shape index (κ1) is 19.1. The van der Waals surface area contributed by atoms with Crippen LogP contribution in [-0.2, 0) is 9.59 Å². The summed E-state index contributed by atoms with van der Waals surface area (Å²) in [5.41, 5.74) is 2.84. The van der Waals surface area contributed by atoms with Gasteiger partial charge in [-0.25, -0.2) is 0 Å². The highest BCUT2D eigenvalue weighted by molar-refractivity contribution is 7.80. The second-order valence-electron chi connectivity index (χ2n) is 6.07. The summed E-state index contributed by atoms with van der Waals surface area (Å²) in [4.78, 5) is 26.7. The van der Waals surface area contributed by atoms with Gasteiger partial charge in [0, 0.05) is 5.02 Å². The molecule has 1 heterocycles. The van der Waals surface area contributed by atoms with Gasteiger partial charge in [-0.1, -0.05) is 23.7 Å². The number of carbonyl (C=O) groups excluding carboxylic acids is 2. The second kappa shape index (κ2) is 7.50. The van der Waals surface area contributed by atoms with Crippen molar-refractivity contribution < 1.29 is 14.3 Å². The lowest BCUT2D eigenvalue weighted by Crippen LogP contribution is -2.54. The molecule has 0 aliphatic carbocycles. The number of halogens is 1. The van der Waals surface area contributed by atoms with E-state index in [0.717, 1.165) is 11.3 Å². The van der Waals surface area contributed by atoms with Crippen molar-refractivity contribution in [2.45, 2.75) is 13.8 Å². The van der Waals surface area contributed by atoms with Crippen LogP contribution in [0.1, 0.15) is 16.7 Å². The van der Waals surface area contributed by atoms with Gasteiger partial charge in [-0.3, -0.25) is 19.8 Å². The fourth-order valence-electron chi connectivity index (χ4n) is 2.87. The molecule has 0 saturated carbocycles. The summed E-state index contributed by atoms with van der Waals surface area (Å²) < 4.78 is 5.24. The highest BCUT2D eigenvalue weighted by atomic mass is 35.5. The Bertz CT molecular complexity index is 1000. The number of amides is 2. The number of aryl methyl sites for hydroxylation is 1. The Hall–Kier alpha value is -2.70. The third-order valence-corrected chi connectivity index (χ3v) is 5.01. The summed E-state index contributed by atoms with van der Waals surface area (Å²) in [6.45, 7) is 3.68. The molecule has 7 heteroatoms. The summed E-state index contributed by atoms with van der Waals surface area (Å²) in [5.74, 6) is -0.300. The highest BCUT2D eigenvalue weighted by Crippen LogP contribution is 2.30. The third kappa shape index (κ3) is 3.59. The Morgan fingerprint density at radius 1 is 1.19 bits per heavy atom. The van der Waals surface area contributed by atoms with Gasteiger partial charge in [-0.2, -0.15) is 0 Å². The fourth-order valence-corrected chi connectivity index (χ4v) is 3.32. The summed E-state index contributed by atoms with van der Waals surface area (Å²) in [5, 5.41) is 3.11. The minimum Gasteiger partial charge on any atom is -0.496 e. The number of benzene rings is 2. The molecule has 2 aromatic carbocycles. The number of hydrogen-bond donors (Lipinski definition) is 1. The molecule has 138 valence electrons. The maximum atomic E-state index is 13.1. The van der Waals surface area contributed by atoms with Crippen LogP contribution in [0.3, 0.4) is 0 Å². The summed E-state index contributed by atoms with van der Waals surface area (Å²) in [6, 6.07) is 10.6. The number of carbonyl (C=O) groups is 2. The molecule has 0 aromatic heterocycles. The van der Waals surface area contributed by atoms with Gasteiger partial charge in [0.05, 0.1) is 12.8 Å². The fraction of sp³-hybridized carbons (Fsp3) is 0.150. The van der Waals surface area contributed by atoms with Crippen LogP contribution in [0, 0.1) is 13.8 Å². The Morgan fingerprint density at radius 2 is 1.93 bits per heavy atom. The van der Waals surface area contributed by atoms with Gasteiger partial charge in [0.1, 0.15) is 11.3 Å². The minimum absolute atomic E-state index is 0.00691. The molecule has 1 saturated heterocycles. The number of nitrogens with one attached hydrogen (secondary N) is 1. The second-order valence-corrected chi connectivity index (χ2v) is 6.86. The van der Waals surface area contributed by atoms with E-state index in [1.807, 2.05) is 13.0 Å². The smallest absolute Gasteiger partial charge is 0.270 e. The molecule has 1 N–H and O–H groups in total. The number of ether oxygens (including phenoxy) is 1. The predicted molar refractivity (Wildman–Crippen MR) is 110 cm³/mol. The summed E-state index contributed by atoms with van der Waals surface area (Å²) in [7, 11) is 1.59. The van der Waals surface area contributed by atoms with Crippen LogP contribution >= 0.6 is 23.8 Å². The van der Waals surface area contributed by atoms with E-state index in [1.54, 1.807) is 50.4 Å². The number of anilines is 1. The van der Waals surface area contributed by atoms with E-state index >= 15 is 0 Å². The van der Waals surface area contributed by atoms with Crippen molar-refractivity contribution >= 4 is 52.5 Å². The molecule has 3 rings (SSSR count). The standard InChI is InChI=1S/C20H17ClN2O3S/c1-11-9-13(7-8-17(11)26-3)10-14-18(24)22-20(27)23(19(14)25)16-6-4-5-15(21)12(16)2/h4-10H,1-3H3,(H,22,24,27)/b14-10-. The number of rotatable bonds is 3. The molecule has 2 amide bonds. The number of methoxy groups -OCH3 is 1. The molecule has 0 spiro atoms. The summed E-state index contributed by atoms with van der Waals surface area (Å²) in [6.07, 6.45) is 1.54. The van der Waals surface area contributed by atoms with E-state index in [9.17, 15) is 9.59 Å². The maximum absolute atomic E-state index is 13.1. The molecule has 1 aliphatic rings. The highest BCUT2D eigenvalue weighted by Gasteiger charge is 2.35. The van der Waals surface area contributed by atoms with Crippen molar-refractivity contribution in [3.63, 3.8) is 0 Å². The summed E-state index contributed by atoms with van der Waals surface area (Å²) >= 11 is 11.4. The van der Waals surface area contributed by atoms with Gasteiger partial charge in [-0.05, 0) is 73.1 Å². The van der Waals surface area contributed by atoms with Crippen molar-refractivity contribution in [1.29, 1.82) is 0 Å². The maximum Gasteiger partial charge on any atom is 0.270 e. The Morgan fingerprint density at radius 3 is 2.59 bits per heavy atom. The molecule has 1 aliphatic heterocycles. The monoisotopic (exact) mass is 400 g/mol. The van der Waals surface area contributed by atoms with Crippen molar-refractivity contribution in [2.24, 2.45) is 0 Å². The van der Waals surface area contributed by atoms with E-state index in [1.165, 1.54) is 4.90 Å². The first-order valence-corrected chi connectivity index (χ1v) is 8.93. The van der Waals surface area contributed by atoms with Gasteiger partial charge in [-0.15, -0.1) is 0 Å².